The summed E-state index contributed by atoms with van der Waals surface area (Å²) in [5.74, 6) is 0. The topological polar surface area (TPSA) is 98.9 Å². The summed E-state index contributed by atoms with van der Waals surface area (Å²) in [6.07, 6.45) is -0.433. The molecule has 0 aliphatic rings. The van der Waals surface area contributed by atoms with Gasteiger partial charge in [0, 0.05) is 12.1 Å². The van der Waals surface area contributed by atoms with Crippen LogP contribution in [0.2, 0.25) is 0 Å². The van der Waals surface area contributed by atoms with E-state index < -0.39 is 18.8 Å². The van der Waals surface area contributed by atoms with Crippen LogP contribution in [-0.2, 0) is 20.2 Å². The Hall–Kier alpha value is -1.27. The first-order valence-electron chi connectivity index (χ1n) is 5.19. The molecule has 100 valence electrons. The number of non-ortho nitro benzene ring substituents is 1. The highest BCUT2D eigenvalue weighted by molar-refractivity contribution is 7.47. The Balaban J connectivity index is 2.58. The summed E-state index contributed by atoms with van der Waals surface area (Å²) in [6.45, 7) is 3.06. The highest BCUT2D eigenvalue weighted by Gasteiger charge is 2.22. The SMILES string of the molecule is CC(C)OP(=O)(O)OCc1ccc([N+](=O)[O-])cc1. The van der Waals surface area contributed by atoms with Gasteiger partial charge in [-0.25, -0.2) is 4.57 Å². The van der Waals surface area contributed by atoms with Gasteiger partial charge in [-0.05, 0) is 31.5 Å². The number of hydrogen-bond donors (Lipinski definition) is 1. The first kappa shape index (κ1) is 14.8. The largest absolute Gasteiger partial charge is 0.472 e. The van der Waals surface area contributed by atoms with Gasteiger partial charge in [0.25, 0.3) is 5.69 Å². The van der Waals surface area contributed by atoms with E-state index in [1.54, 1.807) is 13.8 Å². The van der Waals surface area contributed by atoms with Gasteiger partial charge in [-0.3, -0.25) is 19.2 Å². The lowest BCUT2D eigenvalue weighted by Gasteiger charge is -2.14. The van der Waals surface area contributed by atoms with Crippen molar-refractivity contribution in [2.24, 2.45) is 0 Å². The number of nitro groups is 1. The Bertz CT molecular complexity index is 458. The number of nitro benzene ring substituents is 1. The molecule has 0 fully saturated rings. The van der Waals surface area contributed by atoms with E-state index in [1.165, 1.54) is 24.3 Å². The lowest BCUT2D eigenvalue weighted by atomic mass is 10.2. The highest BCUT2D eigenvalue weighted by atomic mass is 31.2. The summed E-state index contributed by atoms with van der Waals surface area (Å²) in [5, 5.41) is 10.4. The van der Waals surface area contributed by atoms with E-state index in [-0.39, 0.29) is 12.3 Å². The van der Waals surface area contributed by atoms with Gasteiger partial charge in [0.05, 0.1) is 17.6 Å². The molecule has 1 N–H and O–H groups in total. The molecule has 0 radical (unpaired) electrons. The molecule has 1 atom stereocenters. The van der Waals surface area contributed by atoms with Crippen molar-refractivity contribution in [2.45, 2.75) is 26.6 Å². The van der Waals surface area contributed by atoms with Crippen molar-refractivity contribution in [1.82, 2.24) is 0 Å². The van der Waals surface area contributed by atoms with Crippen molar-refractivity contribution >= 4 is 13.5 Å². The van der Waals surface area contributed by atoms with E-state index >= 15 is 0 Å². The minimum absolute atomic E-state index is 0.0515. The van der Waals surface area contributed by atoms with Gasteiger partial charge >= 0.3 is 7.82 Å². The minimum Gasteiger partial charge on any atom is -0.302 e. The number of benzene rings is 1. The fourth-order valence-electron chi connectivity index (χ4n) is 1.17. The second-order valence-electron chi connectivity index (χ2n) is 3.82. The Kier molecular flexibility index (Phi) is 4.98. The number of hydrogen-bond acceptors (Lipinski definition) is 5. The molecule has 7 nitrogen and oxygen atoms in total. The van der Waals surface area contributed by atoms with Crippen LogP contribution in [0, 0.1) is 10.1 Å². The third-order valence-electron chi connectivity index (χ3n) is 1.89. The van der Waals surface area contributed by atoms with Crippen molar-refractivity contribution in [3.8, 4) is 0 Å². The molecule has 18 heavy (non-hydrogen) atoms. The molecule has 1 aromatic carbocycles. The average Bonchev–Trinajstić information content (AvgIpc) is 2.25. The fourth-order valence-corrected chi connectivity index (χ4v) is 2.07. The highest BCUT2D eigenvalue weighted by Crippen LogP contribution is 2.45. The zero-order valence-corrected chi connectivity index (χ0v) is 10.9. The van der Waals surface area contributed by atoms with Crippen molar-refractivity contribution in [1.29, 1.82) is 0 Å². The maximum absolute atomic E-state index is 11.4. The molecule has 0 aromatic heterocycles. The quantitative estimate of drug-likeness (QED) is 0.486. The number of nitrogens with zero attached hydrogens (tertiary/aromatic N) is 1. The second kappa shape index (κ2) is 6.06. The normalized spacial score (nSPS) is 14.4. The fraction of sp³-hybridized carbons (Fsp3) is 0.400. The maximum Gasteiger partial charge on any atom is 0.472 e. The minimum atomic E-state index is -4.08. The number of phosphoric ester groups is 1. The molecule has 0 spiro atoms. The van der Waals surface area contributed by atoms with E-state index in [0.29, 0.717) is 5.56 Å². The van der Waals surface area contributed by atoms with Gasteiger partial charge in [-0.1, -0.05) is 0 Å². The molecule has 0 saturated heterocycles. The Labute approximate surface area is 104 Å². The molecular weight excluding hydrogens is 261 g/mol. The van der Waals surface area contributed by atoms with Crippen molar-refractivity contribution in [3.63, 3.8) is 0 Å². The summed E-state index contributed by atoms with van der Waals surface area (Å²) in [4.78, 5) is 19.2. The molecule has 1 aromatic rings. The van der Waals surface area contributed by atoms with Crippen LogP contribution in [0.4, 0.5) is 5.69 Å². The molecule has 1 unspecified atom stereocenters. The van der Waals surface area contributed by atoms with Gasteiger partial charge in [-0.15, -0.1) is 0 Å². The standard InChI is InChI=1S/C10H14NO6P/c1-8(2)17-18(14,15)16-7-9-3-5-10(6-4-9)11(12)13/h3-6,8H,7H2,1-2H3,(H,14,15). The molecule has 0 saturated carbocycles. The van der Waals surface area contributed by atoms with Crippen molar-refractivity contribution < 1.29 is 23.4 Å². The molecule has 0 bridgehead atoms. The summed E-state index contributed by atoms with van der Waals surface area (Å²) < 4.78 is 20.8. The summed E-state index contributed by atoms with van der Waals surface area (Å²) >= 11 is 0. The molecule has 0 heterocycles. The first-order valence-corrected chi connectivity index (χ1v) is 6.69. The smallest absolute Gasteiger partial charge is 0.302 e. The monoisotopic (exact) mass is 275 g/mol. The zero-order valence-electron chi connectivity index (χ0n) is 9.98. The van der Waals surface area contributed by atoms with Gasteiger partial charge in [0.1, 0.15) is 0 Å². The Morgan fingerprint density at radius 2 is 1.94 bits per heavy atom. The lowest BCUT2D eigenvalue weighted by molar-refractivity contribution is -0.384. The summed E-state index contributed by atoms with van der Waals surface area (Å²) in [6, 6.07) is 5.50. The van der Waals surface area contributed by atoms with E-state index in [2.05, 4.69) is 0 Å². The van der Waals surface area contributed by atoms with Gasteiger partial charge in [0.15, 0.2) is 0 Å². The summed E-state index contributed by atoms with van der Waals surface area (Å²) in [7, 11) is -4.08. The van der Waals surface area contributed by atoms with E-state index in [1.807, 2.05) is 0 Å². The van der Waals surface area contributed by atoms with Gasteiger partial charge < -0.3 is 4.89 Å². The van der Waals surface area contributed by atoms with Crippen LogP contribution in [0.1, 0.15) is 19.4 Å². The third kappa shape index (κ3) is 4.93. The van der Waals surface area contributed by atoms with E-state index in [0.717, 1.165) is 0 Å². The molecule has 1 rings (SSSR count). The van der Waals surface area contributed by atoms with Crippen LogP contribution in [0.5, 0.6) is 0 Å². The maximum atomic E-state index is 11.4. The summed E-state index contributed by atoms with van der Waals surface area (Å²) in [5.41, 5.74) is 0.492. The van der Waals surface area contributed by atoms with E-state index in [9.17, 15) is 19.6 Å². The zero-order chi connectivity index (χ0) is 13.8. The molecule has 0 aliphatic heterocycles. The molecule has 8 heteroatoms. The predicted molar refractivity (Wildman–Crippen MR) is 63.9 cm³/mol. The van der Waals surface area contributed by atoms with E-state index in [4.69, 9.17) is 9.05 Å². The van der Waals surface area contributed by atoms with Crippen molar-refractivity contribution in [3.05, 3.63) is 39.9 Å². The molecular formula is C10H14NO6P. The predicted octanol–water partition coefficient (Wildman–Crippen LogP) is 2.64. The first-order chi connectivity index (χ1) is 8.30. The number of rotatable bonds is 6. The van der Waals surface area contributed by atoms with Crippen LogP contribution >= 0.6 is 7.82 Å². The van der Waals surface area contributed by atoms with Crippen LogP contribution in [0.15, 0.2) is 24.3 Å². The molecule has 0 aliphatic carbocycles. The van der Waals surface area contributed by atoms with Crippen LogP contribution in [-0.4, -0.2) is 15.9 Å². The Morgan fingerprint density at radius 3 is 2.39 bits per heavy atom. The van der Waals surface area contributed by atoms with Gasteiger partial charge in [-0.2, -0.15) is 0 Å². The van der Waals surface area contributed by atoms with Gasteiger partial charge in [0.2, 0.25) is 0 Å². The number of phosphoric acid groups is 1. The van der Waals surface area contributed by atoms with Crippen molar-refractivity contribution in [2.75, 3.05) is 0 Å². The molecule has 0 amide bonds. The second-order valence-corrected chi connectivity index (χ2v) is 5.23. The van der Waals surface area contributed by atoms with Crippen LogP contribution < -0.4 is 0 Å². The average molecular weight is 275 g/mol. The van der Waals surface area contributed by atoms with Crippen LogP contribution in [0.25, 0.3) is 0 Å². The lowest BCUT2D eigenvalue weighted by Crippen LogP contribution is -2.03. The van der Waals surface area contributed by atoms with Crippen LogP contribution in [0.3, 0.4) is 0 Å². The third-order valence-corrected chi connectivity index (χ3v) is 3.03. The Morgan fingerprint density at radius 1 is 1.39 bits per heavy atom.